The highest BCUT2D eigenvalue weighted by atomic mass is 16.3. The second kappa shape index (κ2) is 4.08. The van der Waals surface area contributed by atoms with E-state index in [-0.39, 0.29) is 11.8 Å². The van der Waals surface area contributed by atoms with Crippen molar-refractivity contribution in [2.45, 2.75) is 26.8 Å². The zero-order chi connectivity index (χ0) is 13.6. The van der Waals surface area contributed by atoms with E-state index in [0.29, 0.717) is 17.3 Å². The fourth-order valence-corrected chi connectivity index (χ4v) is 2.41. The molecule has 0 amide bonds. The molecule has 3 heterocycles. The van der Waals surface area contributed by atoms with E-state index in [1.807, 2.05) is 26.0 Å². The molecule has 0 radical (unpaired) electrons. The van der Waals surface area contributed by atoms with Crippen LogP contribution in [0.25, 0.3) is 0 Å². The summed E-state index contributed by atoms with van der Waals surface area (Å²) in [7, 11) is 0. The van der Waals surface area contributed by atoms with E-state index in [1.165, 1.54) is 6.33 Å². The maximum absolute atomic E-state index is 11.9. The molecule has 1 atom stereocenters. The molecule has 98 valence electrons. The molecule has 0 saturated carbocycles. The molecule has 0 aromatic carbocycles. The first-order chi connectivity index (χ1) is 9.08. The number of carbonyl (C=O) groups is 1. The summed E-state index contributed by atoms with van der Waals surface area (Å²) in [5.41, 5.74) is 1.43. The molecule has 6 nitrogen and oxygen atoms in total. The quantitative estimate of drug-likeness (QED) is 0.892. The molecule has 3 rings (SSSR count). The van der Waals surface area contributed by atoms with Gasteiger partial charge in [0.2, 0.25) is 5.95 Å². The van der Waals surface area contributed by atoms with E-state index in [0.717, 1.165) is 11.5 Å². The Labute approximate surface area is 110 Å². The largest absolute Gasteiger partial charge is 0.464 e. The van der Waals surface area contributed by atoms with Crippen LogP contribution in [0, 0.1) is 6.92 Å². The van der Waals surface area contributed by atoms with Crippen LogP contribution in [0.15, 0.2) is 34.1 Å². The minimum atomic E-state index is -0.357. The number of nitrogens with one attached hydrogen (secondary N) is 1. The minimum absolute atomic E-state index is 0.00907. The predicted octanol–water partition coefficient (Wildman–Crippen LogP) is 2.06. The monoisotopic (exact) mass is 258 g/mol. The predicted molar refractivity (Wildman–Crippen MR) is 68.6 cm³/mol. The number of fused-ring (bicyclic) bond motifs is 1. The first-order valence-electron chi connectivity index (χ1n) is 6.02. The molecule has 1 aliphatic rings. The van der Waals surface area contributed by atoms with Gasteiger partial charge < -0.3 is 9.73 Å². The fraction of sp³-hybridized carbons (Fsp3) is 0.308. The zero-order valence-electron chi connectivity index (χ0n) is 11.0. The number of nitrogens with zero attached hydrogens (tertiary/aromatic N) is 3. The smallest absolute Gasteiger partial charge is 0.226 e. The summed E-state index contributed by atoms with van der Waals surface area (Å²) in [4.78, 5) is 16.1. The Morgan fingerprint density at radius 2 is 2.21 bits per heavy atom. The third kappa shape index (κ3) is 1.76. The van der Waals surface area contributed by atoms with E-state index in [4.69, 9.17) is 4.42 Å². The van der Waals surface area contributed by atoms with Gasteiger partial charge in [0, 0.05) is 11.3 Å². The number of aryl methyl sites for hydroxylation is 1. The Morgan fingerprint density at radius 1 is 1.42 bits per heavy atom. The summed E-state index contributed by atoms with van der Waals surface area (Å²) < 4.78 is 7.34. The van der Waals surface area contributed by atoms with Crippen molar-refractivity contribution in [3.8, 4) is 0 Å². The molecule has 0 unspecified atom stereocenters. The Hall–Kier alpha value is -2.37. The molecule has 19 heavy (non-hydrogen) atoms. The average molecular weight is 258 g/mol. The van der Waals surface area contributed by atoms with Crippen LogP contribution in [0.4, 0.5) is 5.95 Å². The van der Waals surface area contributed by atoms with Gasteiger partial charge >= 0.3 is 0 Å². The number of ketones is 1. The maximum atomic E-state index is 11.9. The van der Waals surface area contributed by atoms with Crippen molar-refractivity contribution in [1.82, 2.24) is 14.8 Å². The molecule has 6 heteroatoms. The number of aromatic nitrogens is 3. The minimum Gasteiger partial charge on any atom is -0.464 e. The molecule has 0 spiro atoms. The number of anilines is 1. The van der Waals surface area contributed by atoms with E-state index in [1.54, 1.807) is 11.6 Å². The zero-order valence-corrected chi connectivity index (χ0v) is 11.0. The van der Waals surface area contributed by atoms with E-state index in [9.17, 15) is 4.79 Å². The van der Waals surface area contributed by atoms with Crippen molar-refractivity contribution in [3.05, 3.63) is 41.3 Å². The van der Waals surface area contributed by atoms with Gasteiger partial charge in [0.25, 0.3) is 0 Å². The molecule has 1 N–H and O–H groups in total. The number of hydrogen-bond acceptors (Lipinski definition) is 5. The van der Waals surface area contributed by atoms with Crippen LogP contribution in [0.1, 0.15) is 31.4 Å². The van der Waals surface area contributed by atoms with Crippen molar-refractivity contribution in [1.29, 1.82) is 0 Å². The molecular weight excluding hydrogens is 244 g/mol. The van der Waals surface area contributed by atoms with Crippen LogP contribution in [-0.2, 0) is 4.79 Å². The lowest BCUT2D eigenvalue weighted by atomic mass is 9.98. The fourth-order valence-electron chi connectivity index (χ4n) is 2.41. The van der Waals surface area contributed by atoms with E-state index < -0.39 is 0 Å². The third-order valence-electron chi connectivity index (χ3n) is 3.20. The second-order valence-electron chi connectivity index (χ2n) is 4.60. The second-order valence-corrected chi connectivity index (χ2v) is 4.60. The van der Waals surface area contributed by atoms with Gasteiger partial charge in [-0.25, -0.2) is 4.68 Å². The van der Waals surface area contributed by atoms with Gasteiger partial charge in [0.1, 0.15) is 23.9 Å². The van der Waals surface area contributed by atoms with Crippen molar-refractivity contribution in [3.63, 3.8) is 0 Å². The van der Waals surface area contributed by atoms with Crippen LogP contribution in [0.3, 0.4) is 0 Å². The van der Waals surface area contributed by atoms with Gasteiger partial charge in [-0.3, -0.25) is 4.79 Å². The topological polar surface area (TPSA) is 73.0 Å². The number of hydrogen-bond donors (Lipinski definition) is 1. The lowest BCUT2D eigenvalue weighted by molar-refractivity contribution is -0.114. The van der Waals surface area contributed by atoms with Crippen LogP contribution in [0.2, 0.25) is 0 Å². The number of rotatable bonds is 2. The Balaban J connectivity index is 2.20. The lowest BCUT2D eigenvalue weighted by Crippen LogP contribution is -2.27. The highest BCUT2D eigenvalue weighted by Gasteiger charge is 2.33. The molecule has 0 saturated heterocycles. The number of furan rings is 1. The highest BCUT2D eigenvalue weighted by Crippen LogP contribution is 2.35. The first kappa shape index (κ1) is 11.7. The maximum Gasteiger partial charge on any atom is 0.226 e. The Kier molecular flexibility index (Phi) is 2.51. The lowest BCUT2D eigenvalue weighted by Gasteiger charge is -2.26. The normalized spacial score (nSPS) is 18.2. The van der Waals surface area contributed by atoms with E-state index in [2.05, 4.69) is 15.4 Å². The molecule has 2 aromatic rings. The molecule has 0 fully saturated rings. The number of Topliss-reactive ketones (excluding diaryl/α,β-unsaturated/α-hetero) is 1. The SMILES string of the molecule is CC(=O)C1=C(C)Nc2ncnn2[C@@H]1c1ccc(C)o1. The van der Waals surface area contributed by atoms with Crippen molar-refractivity contribution in [2.75, 3.05) is 5.32 Å². The molecule has 2 aromatic heterocycles. The van der Waals surface area contributed by atoms with Crippen LogP contribution < -0.4 is 5.32 Å². The summed E-state index contributed by atoms with van der Waals surface area (Å²) in [6.45, 7) is 5.28. The van der Waals surface area contributed by atoms with Gasteiger partial charge in [-0.15, -0.1) is 0 Å². The van der Waals surface area contributed by atoms with Gasteiger partial charge in [-0.2, -0.15) is 10.1 Å². The molecule has 0 aliphatic carbocycles. The third-order valence-corrected chi connectivity index (χ3v) is 3.20. The summed E-state index contributed by atoms with van der Waals surface area (Å²) >= 11 is 0. The number of carbonyl (C=O) groups excluding carboxylic acids is 1. The van der Waals surface area contributed by atoms with Gasteiger partial charge in [-0.05, 0) is 32.9 Å². The van der Waals surface area contributed by atoms with Crippen molar-refractivity contribution < 1.29 is 9.21 Å². The van der Waals surface area contributed by atoms with Gasteiger partial charge in [0.05, 0.1) is 0 Å². The van der Waals surface area contributed by atoms with Crippen LogP contribution in [-0.4, -0.2) is 20.5 Å². The number of allylic oxidation sites excluding steroid dienone is 2. The van der Waals surface area contributed by atoms with Crippen molar-refractivity contribution >= 4 is 11.7 Å². The van der Waals surface area contributed by atoms with Gasteiger partial charge in [-0.1, -0.05) is 0 Å². The molecular formula is C13H14N4O2. The Bertz CT molecular complexity index is 680. The average Bonchev–Trinajstić information content (AvgIpc) is 2.95. The summed E-state index contributed by atoms with van der Waals surface area (Å²) in [6.07, 6.45) is 1.46. The summed E-state index contributed by atoms with van der Waals surface area (Å²) in [5, 5.41) is 7.27. The van der Waals surface area contributed by atoms with Crippen LogP contribution >= 0.6 is 0 Å². The molecule has 0 bridgehead atoms. The summed E-state index contributed by atoms with van der Waals surface area (Å²) in [6, 6.07) is 3.39. The summed E-state index contributed by atoms with van der Waals surface area (Å²) in [5.74, 6) is 2.10. The molecule has 1 aliphatic heterocycles. The Morgan fingerprint density at radius 3 is 2.84 bits per heavy atom. The van der Waals surface area contributed by atoms with Gasteiger partial charge in [0.15, 0.2) is 5.78 Å². The van der Waals surface area contributed by atoms with E-state index >= 15 is 0 Å². The van der Waals surface area contributed by atoms with Crippen molar-refractivity contribution in [2.24, 2.45) is 0 Å². The first-order valence-corrected chi connectivity index (χ1v) is 6.02. The highest BCUT2D eigenvalue weighted by molar-refractivity contribution is 5.96. The van der Waals surface area contributed by atoms with Crippen LogP contribution in [0.5, 0.6) is 0 Å². The standard InChI is InChI=1S/C13H14N4O2/c1-7-4-5-10(19-7)12-11(9(3)18)8(2)16-13-14-6-15-17(12)13/h4-6,12H,1-3H3,(H,14,15,16)/t12-/m1/s1.